The second-order valence-corrected chi connectivity index (χ2v) is 7.68. The van der Waals surface area contributed by atoms with Gasteiger partial charge in [-0.05, 0) is 42.5 Å². The van der Waals surface area contributed by atoms with Crippen molar-refractivity contribution in [1.82, 2.24) is 0 Å². The van der Waals surface area contributed by atoms with E-state index in [0.29, 0.717) is 11.5 Å². The van der Waals surface area contributed by atoms with E-state index < -0.39 is 29.3 Å². The maximum atomic E-state index is 14.2. The third-order valence-electron chi connectivity index (χ3n) is 4.70. The van der Waals surface area contributed by atoms with Gasteiger partial charge in [-0.15, -0.1) is 11.3 Å². The highest BCUT2D eigenvalue weighted by atomic mass is 32.1. The number of fused-ring (bicyclic) bond motifs is 1. The van der Waals surface area contributed by atoms with Crippen LogP contribution in [0.5, 0.6) is 5.75 Å². The summed E-state index contributed by atoms with van der Waals surface area (Å²) in [4.78, 5) is 22.9. The maximum Gasteiger partial charge on any atom is 0.346 e. The Balaban J connectivity index is 1.75. The number of carboxylic acid groups (broad SMARTS) is 1. The second kappa shape index (κ2) is 6.87. The van der Waals surface area contributed by atoms with Crippen molar-refractivity contribution < 1.29 is 28.2 Å². The van der Waals surface area contributed by atoms with Gasteiger partial charge in [0.2, 0.25) is 5.91 Å². The zero-order valence-corrected chi connectivity index (χ0v) is 15.3. The fourth-order valence-electron chi connectivity index (χ4n) is 3.27. The summed E-state index contributed by atoms with van der Waals surface area (Å²) in [7, 11) is 0. The van der Waals surface area contributed by atoms with Gasteiger partial charge in [0.25, 0.3) is 0 Å². The molecule has 8 heteroatoms. The monoisotopic (exact) mass is 403 g/mol. The van der Waals surface area contributed by atoms with Gasteiger partial charge in [-0.25, -0.2) is 13.6 Å². The smallest absolute Gasteiger partial charge is 0.346 e. The molecule has 1 amide bonds. The molecule has 1 aliphatic carbocycles. The van der Waals surface area contributed by atoms with E-state index in [1.54, 1.807) is 0 Å². The van der Waals surface area contributed by atoms with E-state index in [4.69, 9.17) is 10.5 Å². The van der Waals surface area contributed by atoms with Crippen molar-refractivity contribution in [2.24, 2.45) is 5.73 Å². The number of carboxylic acids is 1. The molecule has 0 unspecified atom stereocenters. The average molecular weight is 403 g/mol. The largest absolute Gasteiger partial charge is 0.483 e. The summed E-state index contributed by atoms with van der Waals surface area (Å²) in [5, 5.41) is 10.4. The number of rotatable bonds is 6. The van der Waals surface area contributed by atoms with Gasteiger partial charge in [-0.2, -0.15) is 0 Å². The lowest BCUT2D eigenvalue weighted by molar-refractivity contribution is 0.0699. The van der Waals surface area contributed by atoms with Gasteiger partial charge in [0, 0.05) is 21.2 Å². The highest BCUT2D eigenvalue weighted by Gasteiger charge is 2.29. The lowest BCUT2D eigenvalue weighted by Crippen LogP contribution is -2.12. The SMILES string of the molecule is NC(=O)c1cc(F)c(OCc2c(C(=O)O)sc3cccc(C4CC4)c23)c(F)c1. The standard InChI is InChI=1S/C20H15F2NO4S/c21-13-6-10(19(23)24)7-14(22)17(13)27-8-12-16-11(9-4-5-9)2-1-3-15(16)28-18(12)20(25)26/h1-3,6-7,9H,4-5,8H2,(H2,23,24)(H,25,26). The molecule has 1 heterocycles. The zero-order valence-electron chi connectivity index (χ0n) is 14.5. The van der Waals surface area contributed by atoms with Gasteiger partial charge in [0.05, 0.1) is 0 Å². The quantitative estimate of drug-likeness (QED) is 0.637. The number of hydrogen-bond donors (Lipinski definition) is 2. The van der Waals surface area contributed by atoms with Crippen molar-refractivity contribution >= 4 is 33.3 Å². The molecule has 0 saturated heterocycles. The van der Waals surface area contributed by atoms with Crippen LogP contribution in [0.2, 0.25) is 0 Å². The molecule has 4 rings (SSSR count). The molecule has 1 aromatic heterocycles. The highest BCUT2D eigenvalue weighted by molar-refractivity contribution is 7.21. The van der Waals surface area contributed by atoms with Gasteiger partial charge in [-0.3, -0.25) is 4.79 Å². The maximum absolute atomic E-state index is 14.2. The van der Waals surface area contributed by atoms with Crippen LogP contribution in [0.3, 0.4) is 0 Å². The molecule has 28 heavy (non-hydrogen) atoms. The van der Waals surface area contributed by atoms with Gasteiger partial charge in [-0.1, -0.05) is 12.1 Å². The predicted molar refractivity (Wildman–Crippen MR) is 100.0 cm³/mol. The molecule has 1 fully saturated rings. The molecule has 0 radical (unpaired) electrons. The van der Waals surface area contributed by atoms with Crippen LogP contribution in [0.25, 0.3) is 10.1 Å². The Labute approximate surface area is 162 Å². The average Bonchev–Trinajstić information content (AvgIpc) is 3.41. The molecule has 144 valence electrons. The fourth-order valence-corrected chi connectivity index (χ4v) is 4.35. The predicted octanol–water partition coefficient (Wildman–Crippen LogP) is 4.43. The summed E-state index contributed by atoms with van der Waals surface area (Å²) in [6, 6.07) is 7.24. The van der Waals surface area contributed by atoms with E-state index in [9.17, 15) is 23.5 Å². The fraction of sp³-hybridized carbons (Fsp3) is 0.200. The number of benzene rings is 2. The van der Waals surface area contributed by atoms with E-state index in [-0.39, 0.29) is 17.0 Å². The van der Waals surface area contributed by atoms with Crippen LogP contribution in [0, 0.1) is 11.6 Å². The first-order valence-electron chi connectivity index (χ1n) is 8.56. The summed E-state index contributed by atoms with van der Waals surface area (Å²) in [5.41, 5.74) is 6.16. The lowest BCUT2D eigenvalue weighted by atomic mass is 10.0. The van der Waals surface area contributed by atoms with Gasteiger partial charge in [0.15, 0.2) is 17.4 Å². The number of nitrogens with two attached hydrogens (primary N) is 1. The van der Waals surface area contributed by atoms with E-state index in [2.05, 4.69) is 0 Å². The number of amides is 1. The lowest BCUT2D eigenvalue weighted by Gasteiger charge is -2.11. The van der Waals surface area contributed by atoms with Crippen LogP contribution >= 0.6 is 11.3 Å². The summed E-state index contributed by atoms with van der Waals surface area (Å²) in [5.74, 6) is -4.55. The van der Waals surface area contributed by atoms with E-state index in [1.165, 1.54) is 0 Å². The van der Waals surface area contributed by atoms with Crippen LogP contribution in [0.4, 0.5) is 8.78 Å². The van der Waals surface area contributed by atoms with Crippen molar-refractivity contribution in [1.29, 1.82) is 0 Å². The topological polar surface area (TPSA) is 89.6 Å². The number of primary amides is 1. The van der Waals surface area contributed by atoms with E-state index in [0.717, 1.165) is 52.0 Å². The van der Waals surface area contributed by atoms with Gasteiger partial charge >= 0.3 is 5.97 Å². The molecule has 0 spiro atoms. The van der Waals surface area contributed by atoms with Crippen molar-refractivity contribution in [2.75, 3.05) is 0 Å². The summed E-state index contributed by atoms with van der Waals surface area (Å²) >= 11 is 1.11. The van der Waals surface area contributed by atoms with Crippen LogP contribution in [0.1, 0.15) is 49.9 Å². The Kier molecular flexibility index (Phi) is 4.50. The molecule has 1 saturated carbocycles. The van der Waals surface area contributed by atoms with Crippen LogP contribution in [0.15, 0.2) is 30.3 Å². The van der Waals surface area contributed by atoms with Crippen LogP contribution < -0.4 is 10.5 Å². The van der Waals surface area contributed by atoms with Crippen molar-refractivity contribution in [3.05, 3.63) is 63.5 Å². The first kappa shape index (κ1) is 18.4. The molecular weight excluding hydrogens is 388 g/mol. The molecule has 2 aromatic carbocycles. The first-order valence-corrected chi connectivity index (χ1v) is 9.37. The normalized spacial score (nSPS) is 13.6. The molecule has 1 aliphatic rings. The molecule has 3 N–H and O–H groups in total. The number of aromatic carboxylic acids is 1. The van der Waals surface area contributed by atoms with Crippen molar-refractivity contribution in [3.63, 3.8) is 0 Å². The minimum atomic E-state index is -1.12. The highest BCUT2D eigenvalue weighted by Crippen LogP contribution is 2.46. The minimum absolute atomic E-state index is 0.0812. The number of halogens is 2. The van der Waals surface area contributed by atoms with E-state index in [1.807, 2.05) is 18.2 Å². The molecule has 0 bridgehead atoms. The van der Waals surface area contributed by atoms with Gasteiger partial charge < -0.3 is 15.6 Å². The van der Waals surface area contributed by atoms with Crippen LogP contribution in [-0.4, -0.2) is 17.0 Å². The third-order valence-corrected chi connectivity index (χ3v) is 5.89. The summed E-state index contributed by atoms with van der Waals surface area (Å²) < 4.78 is 34.5. The number of ether oxygens (including phenoxy) is 1. The molecule has 3 aromatic rings. The number of thiophene rings is 1. The molecule has 5 nitrogen and oxygen atoms in total. The summed E-state index contributed by atoms with van der Waals surface area (Å²) in [6.07, 6.45) is 2.05. The number of hydrogen-bond acceptors (Lipinski definition) is 4. The molecule has 0 atom stereocenters. The Bertz CT molecular complexity index is 1100. The third kappa shape index (κ3) is 3.20. The Morgan fingerprint density at radius 1 is 1.21 bits per heavy atom. The Morgan fingerprint density at radius 2 is 1.89 bits per heavy atom. The molecular formula is C20H15F2NO4S. The Hall–Kier alpha value is -3.00. The first-order chi connectivity index (χ1) is 13.4. The van der Waals surface area contributed by atoms with Crippen molar-refractivity contribution in [2.45, 2.75) is 25.4 Å². The summed E-state index contributed by atoms with van der Waals surface area (Å²) in [6.45, 7) is -0.310. The minimum Gasteiger partial charge on any atom is -0.483 e. The Morgan fingerprint density at radius 3 is 2.46 bits per heavy atom. The van der Waals surface area contributed by atoms with Crippen LogP contribution in [-0.2, 0) is 6.61 Å². The molecule has 0 aliphatic heterocycles. The number of carbonyl (C=O) groups is 2. The van der Waals surface area contributed by atoms with E-state index >= 15 is 0 Å². The zero-order chi connectivity index (χ0) is 20.0. The van der Waals surface area contributed by atoms with Crippen molar-refractivity contribution in [3.8, 4) is 5.75 Å². The second-order valence-electron chi connectivity index (χ2n) is 6.63. The van der Waals surface area contributed by atoms with Gasteiger partial charge in [0.1, 0.15) is 11.5 Å². The number of carbonyl (C=O) groups excluding carboxylic acids is 1.